The summed E-state index contributed by atoms with van der Waals surface area (Å²) in [4.78, 5) is 21.5. The van der Waals surface area contributed by atoms with E-state index in [2.05, 4.69) is 46.5 Å². The lowest BCUT2D eigenvalue weighted by Crippen LogP contribution is -2.13. The number of thioether (sulfide) groups is 1. The molecule has 3 aromatic rings. The van der Waals surface area contributed by atoms with E-state index < -0.39 is 0 Å². The molecule has 2 aromatic heterocycles. The Balaban J connectivity index is 1.92. The third-order valence-corrected chi connectivity index (χ3v) is 5.24. The first-order valence-electron chi connectivity index (χ1n) is 7.66. The van der Waals surface area contributed by atoms with E-state index in [-0.39, 0.29) is 17.8 Å². The summed E-state index contributed by atoms with van der Waals surface area (Å²) in [6.07, 6.45) is 1.45. The van der Waals surface area contributed by atoms with Crippen molar-refractivity contribution in [1.82, 2.24) is 9.97 Å². The van der Waals surface area contributed by atoms with Crippen molar-refractivity contribution in [3.8, 4) is 11.1 Å². The third-order valence-electron chi connectivity index (χ3n) is 3.39. The van der Waals surface area contributed by atoms with E-state index in [9.17, 15) is 4.79 Å². The number of nitrogens with zero attached hydrogens (tertiary/aromatic N) is 2. The molecule has 24 heavy (non-hydrogen) atoms. The van der Waals surface area contributed by atoms with Crippen molar-refractivity contribution in [2.24, 2.45) is 0 Å². The first kappa shape index (κ1) is 16.9. The van der Waals surface area contributed by atoms with Gasteiger partial charge in [0.05, 0.1) is 17.2 Å². The zero-order valence-electron chi connectivity index (χ0n) is 13.8. The number of esters is 1. The number of benzene rings is 1. The van der Waals surface area contributed by atoms with Crippen LogP contribution in [-0.2, 0) is 9.53 Å². The molecule has 0 aliphatic heterocycles. The highest BCUT2D eigenvalue weighted by Crippen LogP contribution is 2.37. The zero-order valence-corrected chi connectivity index (χ0v) is 15.4. The second-order valence-electron chi connectivity index (χ2n) is 5.70. The average Bonchev–Trinajstić information content (AvgIpc) is 2.97. The van der Waals surface area contributed by atoms with Crippen molar-refractivity contribution in [2.45, 2.75) is 31.9 Å². The highest BCUT2D eigenvalue weighted by Gasteiger charge is 2.15. The Morgan fingerprint density at radius 3 is 2.71 bits per heavy atom. The number of aryl methyl sites for hydroxylation is 1. The van der Waals surface area contributed by atoms with Crippen LogP contribution in [0.25, 0.3) is 21.3 Å². The Morgan fingerprint density at radius 1 is 1.25 bits per heavy atom. The third kappa shape index (κ3) is 3.76. The molecule has 0 amide bonds. The lowest BCUT2D eigenvalue weighted by molar-refractivity contribution is -0.144. The van der Waals surface area contributed by atoms with Crippen LogP contribution in [0, 0.1) is 6.92 Å². The fourth-order valence-corrected chi connectivity index (χ4v) is 4.10. The second kappa shape index (κ2) is 7.32. The maximum atomic E-state index is 11.8. The first-order chi connectivity index (χ1) is 11.5. The van der Waals surface area contributed by atoms with E-state index in [4.69, 9.17) is 4.74 Å². The number of carbonyl (C=O) groups excluding carboxylic acids is 1. The first-order valence-corrected chi connectivity index (χ1v) is 9.52. The van der Waals surface area contributed by atoms with E-state index >= 15 is 0 Å². The van der Waals surface area contributed by atoms with Gasteiger partial charge >= 0.3 is 5.97 Å². The molecule has 2 heterocycles. The molecule has 0 aliphatic carbocycles. The van der Waals surface area contributed by atoms with Crippen molar-refractivity contribution in [3.05, 3.63) is 41.5 Å². The monoisotopic (exact) mass is 358 g/mol. The van der Waals surface area contributed by atoms with Crippen molar-refractivity contribution < 1.29 is 9.53 Å². The van der Waals surface area contributed by atoms with Crippen LogP contribution >= 0.6 is 23.1 Å². The fraction of sp³-hybridized carbons (Fsp3) is 0.278. The summed E-state index contributed by atoms with van der Waals surface area (Å²) in [5.41, 5.74) is 3.46. The topological polar surface area (TPSA) is 52.1 Å². The molecule has 3 rings (SSSR count). The van der Waals surface area contributed by atoms with Gasteiger partial charge in [-0.25, -0.2) is 9.97 Å². The quantitative estimate of drug-likeness (QED) is 0.375. The molecule has 0 saturated carbocycles. The number of fused-ring (bicyclic) bond motifs is 1. The van der Waals surface area contributed by atoms with E-state index in [1.807, 2.05) is 13.8 Å². The molecule has 0 radical (unpaired) electrons. The molecular weight excluding hydrogens is 340 g/mol. The standard InChI is InChI=1S/C18H18N2O2S2/c1-11(2)22-15(21)9-24-18-16-14(8-23-17(16)19-10-20-18)13-6-4-12(3)5-7-13/h4-8,10-11H,9H2,1-3H3. The van der Waals surface area contributed by atoms with Crippen molar-refractivity contribution in [1.29, 1.82) is 0 Å². The number of hydrogen-bond donors (Lipinski definition) is 0. The van der Waals surface area contributed by atoms with Gasteiger partial charge in [-0.15, -0.1) is 11.3 Å². The van der Waals surface area contributed by atoms with Gasteiger partial charge in [0.15, 0.2) is 0 Å². The minimum Gasteiger partial charge on any atom is -0.462 e. The van der Waals surface area contributed by atoms with Crippen LogP contribution in [0.5, 0.6) is 0 Å². The largest absolute Gasteiger partial charge is 0.462 e. The van der Waals surface area contributed by atoms with Gasteiger partial charge in [-0.1, -0.05) is 41.6 Å². The summed E-state index contributed by atoms with van der Waals surface area (Å²) in [7, 11) is 0. The molecular formula is C18H18N2O2S2. The summed E-state index contributed by atoms with van der Waals surface area (Å²) in [5.74, 6) is 0.0156. The normalized spacial score (nSPS) is 11.2. The summed E-state index contributed by atoms with van der Waals surface area (Å²) in [6, 6.07) is 8.39. The predicted octanol–water partition coefficient (Wildman–Crippen LogP) is 4.71. The molecule has 4 nitrogen and oxygen atoms in total. The molecule has 0 fully saturated rings. The molecule has 0 saturated heterocycles. The van der Waals surface area contributed by atoms with E-state index in [0.717, 1.165) is 26.4 Å². The van der Waals surface area contributed by atoms with Gasteiger partial charge in [0, 0.05) is 10.9 Å². The molecule has 0 spiro atoms. The van der Waals surface area contributed by atoms with Gasteiger partial charge < -0.3 is 4.74 Å². The molecule has 0 aliphatic rings. The fourth-order valence-electron chi connectivity index (χ4n) is 2.33. The maximum absolute atomic E-state index is 11.8. The number of hydrogen-bond acceptors (Lipinski definition) is 6. The highest BCUT2D eigenvalue weighted by molar-refractivity contribution is 8.00. The Kier molecular flexibility index (Phi) is 5.16. The molecule has 124 valence electrons. The van der Waals surface area contributed by atoms with Crippen LogP contribution in [0.3, 0.4) is 0 Å². The number of rotatable bonds is 5. The van der Waals surface area contributed by atoms with E-state index in [1.54, 1.807) is 17.7 Å². The zero-order chi connectivity index (χ0) is 17.1. The Morgan fingerprint density at radius 2 is 2.00 bits per heavy atom. The highest BCUT2D eigenvalue weighted by atomic mass is 32.2. The number of aromatic nitrogens is 2. The van der Waals surface area contributed by atoms with Crippen LogP contribution < -0.4 is 0 Å². The van der Waals surface area contributed by atoms with Crippen molar-refractivity contribution in [3.63, 3.8) is 0 Å². The molecule has 0 unspecified atom stereocenters. The number of thiophene rings is 1. The lowest BCUT2D eigenvalue weighted by Gasteiger charge is -2.08. The minimum atomic E-state index is -0.228. The van der Waals surface area contributed by atoms with Gasteiger partial charge in [-0.3, -0.25) is 4.79 Å². The van der Waals surface area contributed by atoms with E-state index in [0.29, 0.717) is 0 Å². The predicted molar refractivity (Wildman–Crippen MR) is 99.5 cm³/mol. The van der Waals surface area contributed by atoms with Gasteiger partial charge in [0.2, 0.25) is 0 Å². The lowest BCUT2D eigenvalue weighted by atomic mass is 10.1. The summed E-state index contributed by atoms with van der Waals surface area (Å²) < 4.78 is 5.19. The minimum absolute atomic E-state index is 0.104. The Bertz CT molecular complexity index is 857. The summed E-state index contributed by atoms with van der Waals surface area (Å²) >= 11 is 2.99. The number of ether oxygens (including phenoxy) is 1. The summed E-state index contributed by atoms with van der Waals surface area (Å²) in [5, 5.41) is 3.92. The molecule has 0 bridgehead atoms. The maximum Gasteiger partial charge on any atom is 0.316 e. The van der Waals surface area contributed by atoms with Gasteiger partial charge in [0.25, 0.3) is 0 Å². The van der Waals surface area contributed by atoms with Crippen LogP contribution in [-0.4, -0.2) is 27.8 Å². The SMILES string of the molecule is Cc1ccc(-c2csc3ncnc(SCC(=O)OC(C)C)c23)cc1. The van der Waals surface area contributed by atoms with Crippen LogP contribution in [0.15, 0.2) is 41.0 Å². The van der Waals surface area contributed by atoms with Gasteiger partial charge in [-0.2, -0.15) is 0 Å². The summed E-state index contributed by atoms with van der Waals surface area (Å²) in [6.45, 7) is 5.76. The second-order valence-corrected chi connectivity index (χ2v) is 7.52. The number of carbonyl (C=O) groups is 1. The smallest absolute Gasteiger partial charge is 0.316 e. The van der Waals surface area contributed by atoms with Gasteiger partial charge in [0.1, 0.15) is 16.2 Å². The van der Waals surface area contributed by atoms with Crippen molar-refractivity contribution >= 4 is 39.3 Å². The van der Waals surface area contributed by atoms with Crippen LogP contribution in [0.4, 0.5) is 0 Å². The van der Waals surface area contributed by atoms with Crippen LogP contribution in [0.1, 0.15) is 19.4 Å². The molecule has 0 N–H and O–H groups in total. The van der Waals surface area contributed by atoms with Gasteiger partial charge in [-0.05, 0) is 26.3 Å². The molecule has 1 aromatic carbocycles. The van der Waals surface area contributed by atoms with Crippen molar-refractivity contribution in [2.75, 3.05) is 5.75 Å². The average molecular weight is 358 g/mol. The van der Waals surface area contributed by atoms with Crippen LogP contribution in [0.2, 0.25) is 0 Å². The Hall–Kier alpha value is -1.92. The molecule has 6 heteroatoms. The molecule has 0 atom stereocenters. The van der Waals surface area contributed by atoms with E-state index in [1.165, 1.54) is 17.3 Å². The Labute approximate surface area is 149 Å².